The molecule has 1 aromatic rings. The van der Waals surface area contributed by atoms with E-state index < -0.39 is 5.97 Å². The first-order valence-electron chi connectivity index (χ1n) is 8.89. The Labute approximate surface area is 152 Å². The molecule has 0 spiro atoms. The zero-order chi connectivity index (χ0) is 18.1. The number of carboxylic acid groups (broad SMARTS) is 1. The van der Waals surface area contributed by atoms with Gasteiger partial charge in [-0.3, -0.25) is 9.69 Å². The van der Waals surface area contributed by atoms with Crippen LogP contribution in [0.1, 0.15) is 48.0 Å². The first kappa shape index (κ1) is 18.4. The molecule has 2 heterocycles. The van der Waals surface area contributed by atoms with Gasteiger partial charge in [-0.05, 0) is 44.6 Å². The molecule has 25 heavy (non-hydrogen) atoms. The largest absolute Gasteiger partial charge is 0.478 e. The minimum Gasteiger partial charge on any atom is -0.478 e. The van der Waals surface area contributed by atoms with Gasteiger partial charge in [-0.15, -0.1) is 11.3 Å². The van der Waals surface area contributed by atoms with Gasteiger partial charge in [-0.25, -0.2) is 4.79 Å². The Bertz CT molecular complexity index is 662. The molecule has 1 amide bonds. The van der Waals surface area contributed by atoms with Crippen molar-refractivity contribution in [1.29, 1.82) is 0 Å². The van der Waals surface area contributed by atoms with Crippen LogP contribution >= 0.6 is 11.3 Å². The van der Waals surface area contributed by atoms with E-state index in [4.69, 9.17) is 4.74 Å². The van der Waals surface area contributed by atoms with E-state index >= 15 is 0 Å². The number of aromatic carboxylic acids is 1. The highest BCUT2D eigenvalue weighted by Crippen LogP contribution is 2.39. The number of fused-ring (bicyclic) bond motifs is 1. The van der Waals surface area contributed by atoms with Gasteiger partial charge in [-0.2, -0.15) is 0 Å². The minimum absolute atomic E-state index is 0.0988. The molecule has 1 fully saturated rings. The predicted octanol–water partition coefficient (Wildman–Crippen LogP) is 2.62. The number of nitrogens with zero attached hydrogens (tertiary/aromatic N) is 1. The van der Waals surface area contributed by atoms with Crippen LogP contribution in [0.3, 0.4) is 0 Å². The van der Waals surface area contributed by atoms with Gasteiger partial charge >= 0.3 is 5.97 Å². The number of carboxylic acids is 1. The van der Waals surface area contributed by atoms with E-state index in [9.17, 15) is 14.7 Å². The molecule has 1 aliphatic carbocycles. The molecule has 2 aliphatic rings. The lowest BCUT2D eigenvalue weighted by Crippen LogP contribution is -2.48. The molecule has 0 saturated carbocycles. The topological polar surface area (TPSA) is 78.9 Å². The number of carbonyl (C=O) groups excluding carboxylic acids is 1. The summed E-state index contributed by atoms with van der Waals surface area (Å²) in [5.74, 6) is -0.543. The van der Waals surface area contributed by atoms with Gasteiger partial charge in [0.1, 0.15) is 5.00 Å². The molecule has 3 rings (SSSR count). The number of morpholine rings is 1. The zero-order valence-electron chi connectivity index (χ0n) is 15.0. The standard InChI is InChI=1S/C18H26N2O4S/c1-10-4-5-13-14(6-10)25-17(16(13)18(22)23)19-15(21)9-20-7-11(2)24-12(3)8-20/h10-12H,4-9H2,1-3H3,(H,19,21)(H,22,23). The van der Waals surface area contributed by atoms with E-state index in [0.29, 0.717) is 29.6 Å². The molecule has 0 aromatic carbocycles. The van der Waals surface area contributed by atoms with Gasteiger partial charge in [0.15, 0.2) is 0 Å². The van der Waals surface area contributed by atoms with Crippen LogP contribution in [0.5, 0.6) is 0 Å². The van der Waals surface area contributed by atoms with Gasteiger partial charge in [0.2, 0.25) is 5.91 Å². The lowest BCUT2D eigenvalue weighted by molar-refractivity contribution is -0.121. The number of nitrogens with one attached hydrogen (secondary N) is 1. The Morgan fingerprint density at radius 3 is 2.60 bits per heavy atom. The van der Waals surface area contributed by atoms with Crippen molar-refractivity contribution in [3.63, 3.8) is 0 Å². The fraction of sp³-hybridized carbons (Fsp3) is 0.667. The van der Waals surface area contributed by atoms with Crippen molar-refractivity contribution in [3.05, 3.63) is 16.0 Å². The zero-order valence-corrected chi connectivity index (χ0v) is 15.8. The summed E-state index contributed by atoms with van der Waals surface area (Å²) in [5, 5.41) is 13.0. The first-order chi connectivity index (χ1) is 11.8. The van der Waals surface area contributed by atoms with Crippen molar-refractivity contribution >= 4 is 28.2 Å². The highest BCUT2D eigenvalue weighted by Gasteiger charge is 2.29. The van der Waals surface area contributed by atoms with E-state index in [-0.39, 0.29) is 24.7 Å². The Hall–Kier alpha value is -1.44. The molecule has 2 N–H and O–H groups in total. The molecule has 1 aromatic heterocycles. The lowest BCUT2D eigenvalue weighted by Gasteiger charge is -2.34. The van der Waals surface area contributed by atoms with Crippen LogP contribution < -0.4 is 5.32 Å². The fourth-order valence-corrected chi connectivity index (χ4v) is 5.27. The smallest absolute Gasteiger partial charge is 0.339 e. The van der Waals surface area contributed by atoms with E-state index in [1.54, 1.807) is 0 Å². The number of ether oxygens (including phenoxy) is 1. The number of rotatable bonds is 4. The summed E-state index contributed by atoms with van der Waals surface area (Å²) in [4.78, 5) is 27.4. The SMILES string of the molecule is CC1CCc2c(sc(NC(=O)CN3CC(C)OC(C)C3)c2C(=O)O)C1. The average Bonchev–Trinajstić information content (AvgIpc) is 2.82. The second-order valence-electron chi connectivity index (χ2n) is 7.36. The van der Waals surface area contributed by atoms with E-state index in [2.05, 4.69) is 17.1 Å². The summed E-state index contributed by atoms with van der Waals surface area (Å²) in [7, 11) is 0. The number of anilines is 1. The number of amides is 1. The summed E-state index contributed by atoms with van der Waals surface area (Å²) in [6, 6.07) is 0. The maximum absolute atomic E-state index is 12.5. The van der Waals surface area contributed by atoms with Crippen LogP contribution in [0.25, 0.3) is 0 Å². The number of hydrogen-bond acceptors (Lipinski definition) is 5. The second kappa shape index (κ2) is 7.43. The van der Waals surface area contributed by atoms with Gasteiger partial charge in [0, 0.05) is 18.0 Å². The second-order valence-corrected chi connectivity index (χ2v) is 8.47. The van der Waals surface area contributed by atoms with Crippen LogP contribution in [0.4, 0.5) is 5.00 Å². The van der Waals surface area contributed by atoms with Crippen LogP contribution in [0.15, 0.2) is 0 Å². The molecular weight excluding hydrogens is 340 g/mol. The monoisotopic (exact) mass is 366 g/mol. The van der Waals surface area contributed by atoms with Crippen LogP contribution in [-0.2, 0) is 22.4 Å². The van der Waals surface area contributed by atoms with Crippen molar-refractivity contribution in [2.24, 2.45) is 5.92 Å². The summed E-state index contributed by atoms with van der Waals surface area (Å²) in [5.41, 5.74) is 1.21. The van der Waals surface area contributed by atoms with E-state index in [1.165, 1.54) is 11.3 Å². The van der Waals surface area contributed by atoms with Gasteiger partial charge < -0.3 is 15.2 Å². The molecule has 3 atom stereocenters. The van der Waals surface area contributed by atoms with Crippen molar-refractivity contribution in [2.75, 3.05) is 25.0 Å². The first-order valence-corrected chi connectivity index (χ1v) is 9.70. The molecule has 138 valence electrons. The molecule has 1 saturated heterocycles. The Morgan fingerprint density at radius 2 is 1.96 bits per heavy atom. The Kier molecular flexibility index (Phi) is 5.46. The van der Waals surface area contributed by atoms with Crippen molar-refractivity contribution in [1.82, 2.24) is 4.90 Å². The summed E-state index contributed by atoms with van der Waals surface area (Å²) in [6.07, 6.45) is 2.88. The fourth-order valence-electron chi connectivity index (χ4n) is 3.85. The molecule has 0 bridgehead atoms. The molecule has 6 nitrogen and oxygen atoms in total. The Balaban J connectivity index is 1.72. The lowest BCUT2D eigenvalue weighted by atomic mass is 9.88. The number of hydrogen-bond donors (Lipinski definition) is 2. The number of carbonyl (C=O) groups is 2. The van der Waals surface area contributed by atoms with Crippen molar-refractivity contribution in [2.45, 2.75) is 52.2 Å². The summed E-state index contributed by atoms with van der Waals surface area (Å²) >= 11 is 1.43. The summed E-state index contributed by atoms with van der Waals surface area (Å²) < 4.78 is 5.68. The van der Waals surface area contributed by atoms with Crippen molar-refractivity contribution in [3.8, 4) is 0 Å². The maximum atomic E-state index is 12.5. The third-order valence-electron chi connectivity index (χ3n) is 4.84. The van der Waals surface area contributed by atoms with Crippen LogP contribution in [0.2, 0.25) is 0 Å². The molecule has 7 heteroatoms. The van der Waals surface area contributed by atoms with E-state index in [1.807, 2.05) is 13.8 Å². The summed E-state index contributed by atoms with van der Waals surface area (Å²) in [6.45, 7) is 7.86. The van der Waals surface area contributed by atoms with Crippen molar-refractivity contribution < 1.29 is 19.4 Å². The van der Waals surface area contributed by atoms with Gasteiger partial charge in [0.25, 0.3) is 0 Å². The maximum Gasteiger partial charge on any atom is 0.339 e. The highest BCUT2D eigenvalue weighted by atomic mass is 32.1. The van der Waals surface area contributed by atoms with E-state index in [0.717, 1.165) is 29.7 Å². The number of thiophene rings is 1. The Morgan fingerprint density at radius 1 is 1.28 bits per heavy atom. The average molecular weight is 366 g/mol. The van der Waals surface area contributed by atoms with Crippen LogP contribution in [0, 0.1) is 5.92 Å². The normalized spacial score (nSPS) is 26.9. The molecule has 3 unspecified atom stereocenters. The quantitative estimate of drug-likeness (QED) is 0.856. The van der Waals surface area contributed by atoms with Crippen LogP contribution in [-0.4, -0.2) is 53.7 Å². The minimum atomic E-state index is -0.948. The van der Waals surface area contributed by atoms with Gasteiger partial charge in [-0.1, -0.05) is 6.92 Å². The molecule has 0 radical (unpaired) electrons. The third-order valence-corrected chi connectivity index (χ3v) is 6.01. The third kappa shape index (κ3) is 4.22. The highest BCUT2D eigenvalue weighted by molar-refractivity contribution is 7.17. The molecular formula is C18H26N2O4S. The predicted molar refractivity (Wildman–Crippen MR) is 97.5 cm³/mol. The van der Waals surface area contributed by atoms with Gasteiger partial charge in [0.05, 0.1) is 24.3 Å². The molecule has 1 aliphatic heterocycles.